The molecule has 0 aromatic heterocycles. The number of aliphatic hydroxyl groups is 2. The first-order valence-corrected chi connectivity index (χ1v) is 10.5. The van der Waals surface area contributed by atoms with Crippen molar-refractivity contribution < 1.29 is 14.9 Å². The van der Waals surface area contributed by atoms with Crippen molar-refractivity contribution in [3.8, 4) is 17.6 Å². The van der Waals surface area contributed by atoms with Gasteiger partial charge in [0.15, 0.2) is 0 Å². The number of hydrogen-bond acceptors (Lipinski definition) is 4. The van der Waals surface area contributed by atoms with Gasteiger partial charge in [0.05, 0.1) is 12.2 Å². The molecule has 0 bridgehead atoms. The number of rotatable bonds is 8. The van der Waals surface area contributed by atoms with E-state index in [2.05, 4.69) is 30.0 Å². The summed E-state index contributed by atoms with van der Waals surface area (Å²) in [6.45, 7) is 4.52. The van der Waals surface area contributed by atoms with Crippen LogP contribution in [0.25, 0.3) is 0 Å². The Bertz CT molecular complexity index is 748. The van der Waals surface area contributed by atoms with E-state index in [1.165, 1.54) is 11.1 Å². The van der Waals surface area contributed by atoms with Gasteiger partial charge in [0.25, 0.3) is 0 Å². The Balaban J connectivity index is 1.75. The van der Waals surface area contributed by atoms with E-state index in [1.807, 2.05) is 26.0 Å². The van der Waals surface area contributed by atoms with Gasteiger partial charge in [-0.1, -0.05) is 37.3 Å². The van der Waals surface area contributed by atoms with Gasteiger partial charge in [0.2, 0.25) is 0 Å². The van der Waals surface area contributed by atoms with E-state index in [9.17, 15) is 10.2 Å². The van der Waals surface area contributed by atoms with Crippen molar-refractivity contribution >= 4 is 0 Å². The number of fused-ring (bicyclic) bond motifs is 3. The van der Waals surface area contributed by atoms with Crippen LogP contribution in [0.2, 0.25) is 0 Å². The second kappa shape index (κ2) is 9.60. The lowest BCUT2D eigenvalue weighted by Gasteiger charge is -2.19. The zero-order valence-corrected chi connectivity index (χ0v) is 17.0. The van der Waals surface area contributed by atoms with Gasteiger partial charge in [0, 0.05) is 30.2 Å². The lowest BCUT2D eigenvalue weighted by Crippen LogP contribution is -2.19. The van der Waals surface area contributed by atoms with E-state index in [0.29, 0.717) is 19.4 Å². The van der Waals surface area contributed by atoms with Crippen LogP contribution in [-0.2, 0) is 6.42 Å². The number of unbranched alkanes of at least 4 members (excludes halogenated alkanes) is 1. The highest BCUT2D eigenvalue weighted by Crippen LogP contribution is 2.52. The van der Waals surface area contributed by atoms with Gasteiger partial charge in [-0.25, -0.2) is 0 Å². The van der Waals surface area contributed by atoms with E-state index in [4.69, 9.17) is 10.5 Å². The van der Waals surface area contributed by atoms with Gasteiger partial charge >= 0.3 is 0 Å². The maximum absolute atomic E-state index is 10.6. The molecule has 28 heavy (non-hydrogen) atoms. The number of hydrogen-bond donors (Lipinski definition) is 3. The zero-order chi connectivity index (χ0) is 20.1. The molecule has 1 aromatic rings. The molecule has 1 aliphatic heterocycles. The fourth-order valence-corrected chi connectivity index (χ4v) is 4.44. The summed E-state index contributed by atoms with van der Waals surface area (Å²) < 4.78 is 6.29. The number of para-hydroxylation sites is 1. The van der Waals surface area contributed by atoms with Crippen LogP contribution in [-0.4, -0.2) is 35.1 Å². The smallest absolute Gasteiger partial charge is 0.126 e. The Morgan fingerprint density at radius 1 is 1.36 bits per heavy atom. The molecule has 152 valence electrons. The summed E-state index contributed by atoms with van der Waals surface area (Å²) in [6.07, 6.45) is 7.17. The second-order valence-electron chi connectivity index (χ2n) is 8.13. The molecule has 0 radical (unpaired) electrons. The average Bonchev–Trinajstić information content (AvgIpc) is 3.19. The molecule has 4 heteroatoms. The number of benzene rings is 1. The summed E-state index contributed by atoms with van der Waals surface area (Å²) in [7, 11) is 0. The van der Waals surface area contributed by atoms with Crippen molar-refractivity contribution in [2.45, 2.75) is 70.2 Å². The maximum Gasteiger partial charge on any atom is 0.126 e. The highest BCUT2D eigenvalue weighted by molar-refractivity contribution is 5.49. The Kier molecular flexibility index (Phi) is 7.18. The molecule has 4 nitrogen and oxygen atoms in total. The Morgan fingerprint density at radius 3 is 2.93 bits per heavy atom. The number of aryl methyl sites for hydroxylation is 1. The molecule has 1 saturated carbocycles. The van der Waals surface area contributed by atoms with Gasteiger partial charge in [0.1, 0.15) is 11.9 Å². The van der Waals surface area contributed by atoms with Crippen LogP contribution in [0.15, 0.2) is 30.4 Å². The van der Waals surface area contributed by atoms with Gasteiger partial charge in [-0.2, -0.15) is 0 Å². The van der Waals surface area contributed by atoms with Crippen molar-refractivity contribution in [3.63, 3.8) is 0 Å². The number of ether oxygens (including phenoxy) is 1. The monoisotopic (exact) mass is 383 g/mol. The number of aliphatic hydroxyl groups excluding tert-OH is 2. The Hall–Kier alpha value is -1.80. The third kappa shape index (κ3) is 4.43. The molecule has 1 heterocycles. The molecule has 1 aromatic carbocycles. The summed E-state index contributed by atoms with van der Waals surface area (Å²) in [6, 6.07) is 6.35. The standard InChI is InChI=1S/C24H33NO3/c1-3-4-8-16(2)20(26)13-12-18-21(27)15-22-23(18)19-11-7-10-17(24(19)28-22)9-5-6-14-25/h7,10-13,16,18,20-23,26-27H,5-6,8-9,14-15,25H2,1-2H3/b13-12+/t16-,18-,20+,21+,22-,23-/m0/s1. The van der Waals surface area contributed by atoms with Crippen LogP contribution >= 0.6 is 0 Å². The molecular weight excluding hydrogens is 350 g/mol. The minimum absolute atomic E-state index is 0.0100. The summed E-state index contributed by atoms with van der Waals surface area (Å²) in [4.78, 5) is 0. The summed E-state index contributed by atoms with van der Waals surface area (Å²) >= 11 is 0. The van der Waals surface area contributed by atoms with Crippen molar-refractivity contribution in [3.05, 3.63) is 41.5 Å². The summed E-state index contributed by atoms with van der Waals surface area (Å²) in [5, 5.41) is 21.0. The Labute approximate surface area is 168 Å². The fourth-order valence-electron chi connectivity index (χ4n) is 4.44. The van der Waals surface area contributed by atoms with Gasteiger partial charge in [-0.15, -0.1) is 11.8 Å². The van der Waals surface area contributed by atoms with E-state index >= 15 is 0 Å². The minimum Gasteiger partial charge on any atom is -0.489 e. The van der Waals surface area contributed by atoms with Crippen molar-refractivity contribution in [1.29, 1.82) is 0 Å². The third-order valence-electron chi connectivity index (χ3n) is 6.10. The molecule has 3 rings (SSSR count). The molecule has 0 saturated heterocycles. The first kappa shape index (κ1) is 20.9. The van der Waals surface area contributed by atoms with Gasteiger partial charge in [-0.05, 0) is 44.2 Å². The molecule has 0 amide bonds. The quantitative estimate of drug-likeness (QED) is 0.366. The van der Waals surface area contributed by atoms with E-state index in [0.717, 1.165) is 25.0 Å². The molecule has 6 atom stereocenters. The van der Waals surface area contributed by atoms with E-state index in [-0.39, 0.29) is 23.9 Å². The van der Waals surface area contributed by atoms with E-state index in [1.54, 1.807) is 0 Å². The van der Waals surface area contributed by atoms with Crippen LogP contribution in [0, 0.1) is 23.7 Å². The molecule has 1 aliphatic carbocycles. The third-order valence-corrected chi connectivity index (χ3v) is 6.10. The van der Waals surface area contributed by atoms with Crippen LogP contribution in [0.1, 0.15) is 56.6 Å². The maximum atomic E-state index is 10.6. The highest BCUT2D eigenvalue weighted by Gasteiger charge is 2.48. The predicted octanol–water partition coefficient (Wildman–Crippen LogP) is 3.16. The minimum atomic E-state index is -0.559. The molecular formula is C24H33NO3. The van der Waals surface area contributed by atoms with Crippen molar-refractivity contribution in [1.82, 2.24) is 0 Å². The van der Waals surface area contributed by atoms with Gasteiger partial charge < -0.3 is 20.7 Å². The van der Waals surface area contributed by atoms with Crippen LogP contribution in [0.4, 0.5) is 0 Å². The second-order valence-corrected chi connectivity index (χ2v) is 8.13. The SMILES string of the molecule is CC#CC[C@H](C)[C@H](O)/C=C/[C@@H]1[C@H]2c3cccc(CCCCN)c3O[C@H]2C[C@H]1O. The number of nitrogens with two attached hydrogens (primary N) is 1. The Morgan fingerprint density at radius 2 is 2.18 bits per heavy atom. The van der Waals surface area contributed by atoms with Crippen LogP contribution in [0.5, 0.6) is 5.75 Å². The highest BCUT2D eigenvalue weighted by atomic mass is 16.5. The van der Waals surface area contributed by atoms with Gasteiger partial charge in [-0.3, -0.25) is 0 Å². The predicted molar refractivity (Wildman–Crippen MR) is 112 cm³/mol. The lowest BCUT2D eigenvalue weighted by atomic mass is 9.86. The normalized spacial score (nSPS) is 27.6. The largest absolute Gasteiger partial charge is 0.489 e. The molecule has 1 fully saturated rings. The molecule has 4 N–H and O–H groups in total. The van der Waals surface area contributed by atoms with Crippen LogP contribution in [0.3, 0.4) is 0 Å². The lowest BCUT2D eigenvalue weighted by molar-refractivity contribution is 0.134. The van der Waals surface area contributed by atoms with Crippen LogP contribution < -0.4 is 10.5 Å². The van der Waals surface area contributed by atoms with Crippen molar-refractivity contribution in [2.24, 2.45) is 17.6 Å². The average molecular weight is 384 g/mol. The molecule has 0 unspecified atom stereocenters. The topological polar surface area (TPSA) is 75.7 Å². The fraction of sp³-hybridized carbons (Fsp3) is 0.583. The molecule has 0 spiro atoms. The first-order chi connectivity index (χ1) is 13.6. The molecule has 2 aliphatic rings. The van der Waals surface area contributed by atoms with E-state index < -0.39 is 12.2 Å². The summed E-state index contributed by atoms with van der Waals surface area (Å²) in [5.41, 5.74) is 8.06. The first-order valence-electron chi connectivity index (χ1n) is 10.5. The van der Waals surface area contributed by atoms with Crippen molar-refractivity contribution in [2.75, 3.05) is 6.54 Å². The summed E-state index contributed by atoms with van der Waals surface area (Å²) in [5.74, 6) is 7.08. The zero-order valence-electron chi connectivity index (χ0n) is 17.0.